The minimum Gasteiger partial charge on any atom is -0.481 e. The molecular weight excluding hydrogens is 236 g/mol. The van der Waals surface area contributed by atoms with Gasteiger partial charge in [-0.3, -0.25) is 9.78 Å². The van der Waals surface area contributed by atoms with Crippen LogP contribution in [0.3, 0.4) is 0 Å². The van der Waals surface area contributed by atoms with Gasteiger partial charge in [0.05, 0.1) is 5.69 Å². The number of carboxylic acid groups (broad SMARTS) is 1. The van der Waals surface area contributed by atoms with Crippen LogP contribution in [0.2, 0.25) is 0 Å². The van der Waals surface area contributed by atoms with Crippen LogP contribution in [0.4, 0.5) is 0 Å². The van der Waals surface area contributed by atoms with Gasteiger partial charge in [0, 0.05) is 17.2 Å². The van der Waals surface area contributed by atoms with Crippen molar-refractivity contribution in [2.75, 3.05) is 6.54 Å². The van der Waals surface area contributed by atoms with Crippen LogP contribution in [0.15, 0.2) is 22.8 Å². The summed E-state index contributed by atoms with van der Waals surface area (Å²) >= 11 is 3.21. The molecule has 0 aromatic carbocycles. The van der Waals surface area contributed by atoms with Crippen molar-refractivity contribution in [1.82, 2.24) is 4.98 Å². The zero-order valence-corrected chi connectivity index (χ0v) is 8.36. The minimum absolute atomic E-state index is 0.0595. The van der Waals surface area contributed by atoms with Crippen molar-refractivity contribution in [3.63, 3.8) is 0 Å². The lowest BCUT2D eigenvalue weighted by molar-refractivity contribution is -0.138. The normalized spacial score (nSPS) is 12.5. The molecular formula is C8H9BrN2O2. The lowest BCUT2D eigenvalue weighted by atomic mass is 10.1. The molecule has 1 unspecified atom stereocenters. The summed E-state index contributed by atoms with van der Waals surface area (Å²) in [4.78, 5) is 14.6. The van der Waals surface area contributed by atoms with Crippen LogP contribution in [0, 0.1) is 0 Å². The number of carboxylic acids is 1. The van der Waals surface area contributed by atoms with Gasteiger partial charge in [0.25, 0.3) is 0 Å². The fraction of sp³-hybridized carbons (Fsp3) is 0.250. The van der Waals surface area contributed by atoms with Crippen molar-refractivity contribution in [2.45, 2.75) is 5.92 Å². The predicted octanol–water partition coefficient (Wildman–Crippen LogP) is 0.971. The van der Waals surface area contributed by atoms with Crippen LogP contribution < -0.4 is 5.73 Å². The molecule has 1 aromatic rings. The summed E-state index contributed by atoms with van der Waals surface area (Å²) in [5.74, 6) is -1.66. The molecule has 5 heteroatoms. The smallest absolute Gasteiger partial charge is 0.313 e. The van der Waals surface area contributed by atoms with E-state index >= 15 is 0 Å². The Kier molecular flexibility index (Phi) is 3.39. The van der Waals surface area contributed by atoms with Gasteiger partial charge in [0.2, 0.25) is 0 Å². The number of hydrogen-bond acceptors (Lipinski definition) is 3. The molecule has 1 atom stereocenters. The van der Waals surface area contributed by atoms with E-state index in [-0.39, 0.29) is 6.54 Å². The third-order valence-corrected chi connectivity index (χ3v) is 2.11. The highest BCUT2D eigenvalue weighted by Gasteiger charge is 2.18. The van der Waals surface area contributed by atoms with Crippen LogP contribution >= 0.6 is 15.9 Å². The Morgan fingerprint density at radius 2 is 2.38 bits per heavy atom. The molecule has 0 radical (unpaired) electrons. The monoisotopic (exact) mass is 244 g/mol. The average Bonchev–Trinajstić information content (AvgIpc) is 2.09. The first-order valence-corrected chi connectivity index (χ1v) is 4.48. The van der Waals surface area contributed by atoms with E-state index in [2.05, 4.69) is 20.9 Å². The topological polar surface area (TPSA) is 76.2 Å². The average molecular weight is 245 g/mol. The standard InChI is InChI=1S/C8H9BrN2O2/c9-5-1-2-7(11-4-5)6(3-10)8(12)13/h1-2,4,6H,3,10H2,(H,12,13). The summed E-state index contributed by atoms with van der Waals surface area (Å²) in [6, 6.07) is 3.39. The van der Waals surface area contributed by atoms with E-state index in [0.29, 0.717) is 5.69 Å². The van der Waals surface area contributed by atoms with E-state index in [1.54, 1.807) is 18.3 Å². The van der Waals surface area contributed by atoms with E-state index in [0.717, 1.165) is 4.47 Å². The number of aromatic nitrogens is 1. The summed E-state index contributed by atoms with van der Waals surface area (Å²) in [6.45, 7) is 0.0595. The Balaban J connectivity index is 2.92. The van der Waals surface area contributed by atoms with Gasteiger partial charge in [-0.25, -0.2) is 0 Å². The van der Waals surface area contributed by atoms with Crippen molar-refractivity contribution in [2.24, 2.45) is 5.73 Å². The summed E-state index contributed by atoms with van der Waals surface area (Å²) in [5, 5.41) is 8.76. The number of pyridine rings is 1. The molecule has 3 N–H and O–H groups in total. The quantitative estimate of drug-likeness (QED) is 0.831. The van der Waals surface area contributed by atoms with Gasteiger partial charge in [-0.15, -0.1) is 0 Å². The van der Waals surface area contributed by atoms with E-state index in [9.17, 15) is 4.79 Å². The fourth-order valence-corrected chi connectivity index (χ4v) is 1.18. The van der Waals surface area contributed by atoms with E-state index in [4.69, 9.17) is 10.8 Å². The Bertz CT molecular complexity index is 300. The SMILES string of the molecule is NCC(C(=O)O)c1ccc(Br)cn1. The number of carbonyl (C=O) groups is 1. The number of halogens is 1. The Morgan fingerprint density at radius 1 is 1.69 bits per heavy atom. The van der Waals surface area contributed by atoms with Crippen molar-refractivity contribution in [3.8, 4) is 0 Å². The van der Waals surface area contributed by atoms with Gasteiger partial charge in [0.1, 0.15) is 5.92 Å². The number of aliphatic carboxylic acids is 1. The molecule has 1 aromatic heterocycles. The van der Waals surface area contributed by atoms with Crippen LogP contribution in [-0.2, 0) is 4.79 Å². The molecule has 0 aliphatic rings. The second-order valence-electron chi connectivity index (χ2n) is 2.53. The molecule has 1 rings (SSSR count). The second kappa shape index (κ2) is 4.34. The van der Waals surface area contributed by atoms with Gasteiger partial charge in [0.15, 0.2) is 0 Å². The van der Waals surface area contributed by atoms with Crippen molar-refractivity contribution >= 4 is 21.9 Å². The molecule has 0 aliphatic heterocycles. The highest BCUT2D eigenvalue weighted by Crippen LogP contribution is 2.14. The molecule has 13 heavy (non-hydrogen) atoms. The maximum Gasteiger partial charge on any atom is 0.313 e. The second-order valence-corrected chi connectivity index (χ2v) is 3.44. The number of nitrogens with two attached hydrogens (primary N) is 1. The van der Waals surface area contributed by atoms with Gasteiger partial charge >= 0.3 is 5.97 Å². The predicted molar refractivity (Wildman–Crippen MR) is 51.4 cm³/mol. The van der Waals surface area contributed by atoms with E-state index in [1.807, 2.05) is 0 Å². The maximum absolute atomic E-state index is 10.7. The zero-order valence-electron chi connectivity index (χ0n) is 6.77. The first kappa shape index (κ1) is 10.1. The first-order valence-electron chi connectivity index (χ1n) is 3.69. The third kappa shape index (κ3) is 2.50. The molecule has 1 heterocycles. The summed E-state index contributed by atoms with van der Waals surface area (Å²) in [7, 11) is 0. The molecule has 0 saturated carbocycles. The molecule has 0 aliphatic carbocycles. The molecule has 4 nitrogen and oxygen atoms in total. The lowest BCUT2D eigenvalue weighted by Crippen LogP contribution is -2.21. The van der Waals surface area contributed by atoms with Crippen molar-refractivity contribution in [3.05, 3.63) is 28.5 Å². The Labute approximate surface area is 83.9 Å². The largest absolute Gasteiger partial charge is 0.481 e. The van der Waals surface area contributed by atoms with Crippen LogP contribution in [0.5, 0.6) is 0 Å². The fourth-order valence-electron chi connectivity index (χ4n) is 0.941. The van der Waals surface area contributed by atoms with Crippen molar-refractivity contribution < 1.29 is 9.90 Å². The van der Waals surface area contributed by atoms with Gasteiger partial charge in [-0.2, -0.15) is 0 Å². The molecule has 0 amide bonds. The summed E-state index contributed by atoms with van der Waals surface area (Å²) < 4.78 is 0.817. The zero-order chi connectivity index (χ0) is 9.84. The summed E-state index contributed by atoms with van der Waals surface area (Å²) in [5.41, 5.74) is 5.80. The van der Waals surface area contributed by atoms with Crippen LogP contribution in [-0.4, -0.2) is 22.6 Å². The number of rotatable bonds is 3. The van der Waals surface area contributed by atoms with E-state index in [1.165, 1.54) is 0 Å². The Hall–Kier alpha value is -0.940. The molecule has 0 bridgehead atoms. The number of hydrogen-bond donors (Lipinski definition) is 2. The van der Waals surface area contributed by atoms with Crippen LogP contribution in [0.1, 0.15) is 11.6 Å². The number of nitrogens with zero attached hydrogens (tertiary/aromatic N) is 1. The maximum atomic E-state index is 10.7. The summed E-state index contributed by atoms with van der Waals surface area (Å²) in [6.07, 6.45) is 1.56. The molecule has 0 spiro atoms. The lowest BCUT2D eigenvalue weighted by Gasteiger charge is -2.07. The van der Waals surface area contributed by atoms with Gasteiger partial charge in [-0.1, -0.05) is 0 Å². The van der Waals surface area contributed by atoms with Crippen LogP contribution in [0.25, 0.3) is 0 Å². The van der Waals surface area contributed by atoms with Gasteiger partial charge in [-0.05, 0) is 28.1 Å². The highest BCUT2D eigenvalue weighted by molar-refractivity contribution is 9.10. The van der Waals surface area contributed by atoms with Crippen molar-refractivity contribution in [1.29, 1.82) is 0 Å². The first-order chi connectivity index (χ1) is 6.15. The molecule has 0 saturated heterocycles. The minimum atomic E-state index is -0.947. The molecule has 70 valence electrons. The third-order valence-electron chi connectivity index (χ3n) is 1.64. The molecule has 0 fully saturated rings. The highest BCUT2D eigenvalue weighted by atomic mass is 79.9. The van der Waals surface area contributed by atoms with E-state index < -0.39 is 11.9 Å². The Morgan fingerprint density at radius 3 is 2.77 bits per heavy atom. The van der Waals surface area contributed by atoms with Gasteiger partial charge < -0.3 is 10.8 Å².